The molecule has 0 bridgehead atoms. The van der Waals surface area contributed by atoms with E-state index in [4.69, 9.17) is 25.8 Å². The lowest BCUT2D eigenvalue weighted by Crippen LogP contribution is -2.41. The van der Waals surface area contributed by atoms with E-state index < -0.39 is 11.6 Å². The summed E-state index contributed by atoms with van der Waals surface area (Å²) in [5, 5.41) is 0.403. The maximum Gasteiger partial charge on any atom is 0.410 e. The van der Waals surface area contributed by atoms with Crippen LogP contribution in [0.2, 0.25) is 5.15 Å². The predicted molar refractivity (Wildman–Crippen MR) is 120 cm³/mol. The fraction of sp³-hybridized carbons (Fsp3) is 0.619. The van der Waals surface area contributed by atoms with Crippen molar-refractivity contribution >= 4 is 35.4 Å². The molecule has 0 N–H and O–H groups in total. The summed E-state index contributed by atoms with van der Waals surface area (Å²) < 4.78 is 16.3. The van der Waals surface area contributed by atoms with Crippen LogP contribution in [-0.4, -0.2) is 65.1 Å². The number of hydrogen-bond donors (Lipinski definition) is 0. The average Bonchev–Trinajstić information content (AvgIpc) is 2.70. The van der Waals surface area contributed by atoms with Gasteiger partial charge in [0.2, 0.25) is 5.88 Å². The van der Waals surface area contributed by atoms with Gasteiger partial charge in [-0.2, -0.15) is 4.98 Å². The third kappa shape index (κ3) is 7.88. The quantitative estimate of drug-likeness (QED) is 0.178. The maximum absolute atomic E-state index is 12.3. The number of halogens is 1. The number of amides is 1. The molecule has 0 radical (unpaired) electrons. The highest BCUT2D eigenvalue weighted by molar-refractivity contribution is 7.98. The number of carbonyl (C=O) groups excluding carboxylic acids is 2. The lowest BCUT2D eigenvalue weighted by molar-refractivity contribution is 0.0177. The summed E-state index contributed by atoms with van der Waals surface area (Å²) in [4.78, 5) is 34.6. The Morgan fingerprint density at radius 2 is 1.97 bits per heavy atom. The third-order valence-corrected chi connectivity index (χ3v) is 5.38. The maximum atomic E-state index is 12.3. The molecule has 1 saturated heterocycles. The number of nitrogens with zero attached hydrogens (tertiary/aromatic N) is 3. The van der Waals surface area contributed by atoms with Crippen molar-refractivity contribution < 1.29 is 23.8 Å². The molecule has 0 atom stereocenters. The van der Waals surface area contributed by atoms with E-state index in [-0.39, 0.29) is 29.3 Å². The van der Waals surface area contributed by atoms with Gasteiger partial charge in [0.1, 0.15) is 12.2 Å². The van der Waals surface area contributed by atoms with Crippen molar-refractivity contribution in [1.82, 2.24) is 14.9 Å². The Bertz CT molecular complexity index is 792. The van der Waals surface area contributed by atoms with E-state index in [0.717, 1.165) is 19.3 Å². The average molecular weight is 472 g/mol. The molecule has 10 heteroatoms. The number of ether oxygens (including phenoxy) is 3. The van der Waals surface area contributed by atoms with Gasteiger partial charge in [-0.15, -0.1) is 0 Å². The number of rotatable bonds is 8. The number of hydrogen-bond acceptors (Lipinski definition) is 8. The Morgan fingerprint density at radius 3 is 2.55 bits per heavy atom. The van der Waals surface area contributed by atoms with Gasteiger partial charge in [-0.1, -0.05) is 36.0 Å². The number of likely N-dealkylation sites (tertiary alicyclic amines) is 1. The summed E-state index contributed by atoms with van der Waals surface area (Å²) in [5.74, 6) is -0.144. The Hall–Kier alpha value is -2.00. The predicted octanol–water partition coefficient (Wildman–Crippen LogP) is 4.61. The molecule has 8 nitrogen and oxygen atoms in total. The monoisotopic (exact) mass is 471 g/mol. The first-order valence-electron chi connectivity index (χ1n) is 10.1. The van der Waals surface area contributed by atoms with Gasteiger partial charge in [0.05, 0.1) is 6.61 Å². The number of piperidine rings is 1. The van der Waals surface area contributed by atoms with Crippen LogP contribution >= 0.6 is 23.4 Å². The van der Waals surface area contributed by atoms with Gasteiger partial charge in [-0.05, 0) is 52.2 Å². The molecule has 0 aliphatic carbocycles. The van der Waals surface area contributed by atoms with Gasteiger partial charge in [-0.3, -0.25) is 0 Å². The highest BCUT2D eigenvalue weighted by Crippen LogP contribution is 2.28. The van der Waals surface area contributed by atoms with Crippen LogP contribution in [0.1, 0.15) is 50.4 Å². The lowest BCUT2D eigenvalue weighted by atomic mass is 9.94. The van der Waals surface area contributed by atoms with E-state index in [1.165, 1.54) is 17.8 Å². The van der Waals surface area contributed by atoms with Crippen molar-refractivity contribution in [1.29, 1.82) is 0 Å². The summed E-state index contributed by atoms with van der Waals surface area (Å²) in [5.41, 5.74) is -0.484. The highest BCUT2D eigenvalue weighted by Gasteiger charge is 2.27. The highest BCUT2D eigenvalue weighted by atomic mass is 35.5. The number of carbonyl (C=O) groups is 2. The minimum Gasteiger partial charge on any atom is -0.477 e. The number of thioether (sulfide) groups is 1. The van der Waals surface area contributed by atoms with Crippen LogP contribution < -0.4 is 4.74 Å². The minimum absolute atomic E-state index is 0.00548. The Morgan fingerprint density at radius 1 is 1.29 bits per heavy atom. The smallest absolute Gasteiger partial charge is 0.410 e. The van der Waals surface area contributed by atoms with E-state index in [1.54, 1.807) is 4.90 Å². The van der Waals surface area contributed by atoms with Gasteiger partial charge in [0.25, 0.3) is 0 Å². The molecule has 1 aliphatic heterocycles. The number of esters is 1. The van der Waals surface area contributed by atoms with Crippen LogP contribution in [0.15, 0.2) is 17.8 Å². The summed E-state index contributed by atoms with van der Waals surface area (Å²) in [6.45, 7) is 10.8. The van der Waals surface area contributed by atoms with E-state index >= 15 is 0 Å². The van der Waals surface area contributed by atoms with E-state index in [1.807, 2.05) is 27.0 Å². The standard InChI is InChI=1S/C21H30ClN3O5S/c1-6-12-29-18(26)15-16(22)23-19(31-5)24-17(15)28-13-9-14-7-10-25(11-8-14)20(27)30-21(2,3)4/h6,14H,1,7-13H2,2-5H3. The van der Waals surface area contributed by atoms with E-state index in [2.05, 4.69) is 16.5 Å². The van der Waals surface area contributed by atoms with Crippen LogP contribution in [0.25, 0.3) is 0 Å². The first-order valence-corrected chi connectivity index (χ1v) is 11.7. The van der Waals surface area contributed by atoms with Crippen molar-refractivity contribution in [2.24, 2.45) is 5.92 Å². The summed E-state index contributed by atoms with van der Waals surface area (Å²) in [6.07, 6.45) is 5.48. The lowest BCUT2D eigenvalue weighted by Gasteiger charge is -2.33. The van der Waals surface area contributed by atoms with Crippen molar-refractivity contribution in [2.75, 3.05) is 32.6 Å². The normalized spacial score (nSPS) is 14.8. The van der Waals surface area contributed by atoms with Crippen molar-refractivity contribution in [2.45, 2.75) is 50.8 Å². The van der Waals surface area contributed by atoms with E-state index in [0.29, 0.717) is 30.8 Å². The molecule has 0 spiro atoms. The second-order valence-corrected chi connectivity index (χ2v) is 9.25. The molecule has 1 aromatic rings. The fourth-order valence-corrected chi connectivity index (χ4v) is 3.67. The van der Waals surface area contributed by atoms with Gasteiger partial charge < -0.3 is 19.1 Å². The molecular formula is C21H30ClN3O5S. The molecule has 1 aliphatic rings. The molecule has 0 saturated carbocycles. The van der Waals surface area contributed by atoms with Crippen LogP contribution in [-0.2, 0) is 9.47 Å². The van der Waals surface area contributed by atoms with Crippen LogP contribution in [0.5, 0.6) is 5.88 Å². The molecule has 172 valence electrons. The summed E-state index contributed by atoms with van der Waals surface area (Å²) >= 11 is 7.49. The van der Waals surface area contributed by atoms with Crippen molar-refractivity contribution in [3.63, 3.8) is 0 Å². The van der Waals surface area contributed by atoms with Gasteiger partial charge in [-0.25, -0.2) is 14.6 Å². The number of aromatic nitrogens is 2. The Balaban J connectivity index is 1.92. The molecule has 2 heterocycles. The zero-order chi connectivity index (χ0) is 23.0. The molecule has 0 unspecified atom stereocenters. The molecule has 1 amide bonds. The minimum atomic E-state index is -0.654. The largest absolute Gasteiger partial charge is 0.477 e. The zero-order valence-corrected chi connectivity index (χ0v) is 20.1. The topological polar surface area (TPSA) is 90.9 Å². The van der Waals surface area contributed by atoms with Crippen molar-refractivity contribution in [3.05, 3.63) is 23.4 Å². The molecule has 31 heavy (non-hydrogen) atoms. The zero-order valence-electron chi connectivity index (χ0n) is 18.5. The second-order valence-electron chi connectivity index (χ2n) is 8.12. The molecule has 1 aromatic heterocycles. The summed E-state index contributed by atoms with van der Waals surface area (Å²) in [6, 6.07) is 0. The molecular weight excluding hydrogens is 442 g/mol. The first kappa shape index (κ1) is 25.3. The van der Waals surface area contributed by atoms with Gasteiger partial charge >= 0.3 is 12.1 Å². The van der Waals surface area contributed by atoms with Crippen LogP contribution in [0, 0.1) is 5.92 Å². The van der Waals surface area contributed by atoms with Crippen molar-refractivity contribution in [3.8, 4) is 5.88 Å². The first-order chi connectivity index (χ1) is 14.6. The second kappa shape index (κ2) is 11.6. The molecule has 2 rings (SSSR count). The third-order valence-electron chi connectivity index (χ3n) is 4.56. The summed E-state index contributed by atoms with van der Waals surface area (Å²) in [7, 11) is 0. The molecule has 0 aromatic carbocycles. The van der Waals surface area contributed by atoms with Crippen LogP contribution in [0.3, 0.4) is 0 Å². The Kier molecular flexibility index (Phi) is 9.43. The van der Waals surface area contributed by atoms with Gasteiger partial charge in [0, 0.05) is 13.1 Å². The SMILES string of the molecule is C=CCOC(=O)c1c(Cl)nc(SC)nc1OCCC1CCN(C(=O)OC(C)(C)C)CC1. The Labute approximate surface area is 192 Å². The fourth-order valence-electron chi connectivity index (χ4n) is 3.02. The van der Waals surface area contributed by atoms with Gasteiger partial charge in [0.15, 0.2) is 15.9 Å². The van der Waals surface area contributed by atoms with Crippen LogP contribution in [0.4, 0.5) is 4.79 Å². The molecule has 1 fully saturated rings. The van der Waals surface area contributed by atoms with E-state index in [9.17, 15) is 9.59 Å².